The zero-order valence-electron chi connectivity index (χ0n) is 15.4. The average Bonchev–Trinajstić information content (AvgIpc) is 3.04. The van der Waals surface area contributed by atoms with Crippen LogP contribution in [0.25, 0.3) is 10.8 Å². The molecule has 2 amide bonds. The molecule has 0 bridgehead atoms. The monoisotopic (exact) mass is 394 g/mol. The average molecular weight is 394 g/mol. The highest BCUT2D eigenvalue weighted by atomic mass is 19.3. The van der Waals surface area contributed by atoms with Crippen LogP contribution in [0.5, 0.6) is 5.75 Å². The number of rotatable bonds is 4. The molecule has 0 saturated carbocycles. The Morgan fingerprint density at radius 1 is 1.21 bits per heavy atom. The van der Waals surface area contributed by atoms with Gasteiger partial charge in [-0.05, 0) is 18.6 Å². The molecule has 146 valence electrons. The van der Waals surface area contributed by atoms with E-state index in [1.54, 1.807) is 25.4 Å². The first kappa shape index (κ1) is 18.6. The van der Waals surface area contributed by atoms with Gasteiger partial charge in [0.05, 0.1) is 30.2 Å². The third-order valence-corrected chi connectivity index (χ3v) is 4.86. The number of halogens is 2. The van der Waals surface area contributed by atoms with Gasteiger partial charge in [0.15, 0.2) is 0 Å². The summed E-state index contributed by atoms with van der Waals surface area (Å²) in [5.74, 6) is -0.0489. The number of nitrogens with zero attached hydrogens (tertiary/aromatic N) is 4. The van der Waals surface area contributed by atoms with Crippen molar-refractivity contribution in [3.05, 3.63) is 60.4 Å². The van der Waals surface area contributed by atoms with Crippen LogP contribution in [0.15, 0.2) is 54.9 Å². The lowest BCUT2D eigenvalue weighted by atomic mass is 10.1. The van der Waals surface area contributed by atoms with Crippen LogP contribution in [-0.2, 0) is 0 Å². The first-order chi connectivity index (χ1) is 14.0. The Balaban J connectivity index is 1.77. The van der Waals surface area contributed by atoms with Crippen molar-refractivity contribution in [3.63, 3.8) is 0 Å². The Kier molecular flexibility index (Phi) is 4.72. The number of hydrogen-bond acceptors (Lipinski definition) is 4. The fourth-order valence-electron chi connectivity index (χ4n) is 3.52. The topological polar surface area (TPSA) is 69.5 Å². The van der Waals surface area contributed by atoms with Crippen molar-refractivity contribution >= 4 is 28.2 Å². The summed E-state index contributed by atoms with van der Waals surface area (Å²) in [4.78, 5) is 20.3. The van der Waals surface area contributed by atoms with Crippen molar-refractivity contribution in [2.24, 2.45) is 0 Å². The first-order valence-corrected chi connectivity index (χ1v) is 8.88. The lowest BCUT2D eigenvalue weighted by molar-refractivity contribution is -0.0498. The minimum atomic E-state index is -2.97. The van der Waals surface area contributed by atoms with Crippen molar-refractivity contribution in [2.45, 2.75) is 19.6 Å². The smallest absolute Gasteiger partial charge is 0.387 e. The summed E-state index contributed by atoms with van der Waals surface area (Å²) in [5.41, 5.74) is 1.65. The molecule has 2 aromatic carbocycles. The molecule has 1 aliphatic rings. The standard InChI is InChI=1S/C21H16F2N4O2/c1-13-6-7-16(29-20(22)23)8-18(13)26-12-15(9-24)27(21(26)28)19-11-25-10-14-4-2-3-5-17(14)19/h2-8,10-11,15,20H,12H2,1H3/t15-/m1/s1. The molecule has 29 heavy (non-hydrogen) atoms. The van der Waals surface area contributed by atoms with Gasteiger partial charge in [-0.15, -0.1) is 0 Å². The normalized spacial score (nSPS) is 16.5. The van der Waals surface area contributed by atoms with Crippen LogP contribution in [0.2, 0.25) is 0 Å². The van der Waals surface area contributed by atoms with Gasteiger partial charge in [-0.1, -0.05) is 30.3 Å². The van der Waals surface area contributed by atoms with Crippen molar-refractivity contribution in [1.82, 2.24) is 4.98 Å². The van der Waals surface area contributed by atoms with E-state index in [1.807, 2.05) is 24.3 Å². The van der Waals surface area contributed by atoms with E-state index in [2.05, 4.69) is 15.8 Å². The maximum absolute atomic E-state index is 13.3. The summed E-state index contributed by atoms with van der Waals surface area (Å²) in [6.45, 7) is -1.11. The largest absolute Gasteiger partial charge is 0.435 e. The number of ether oxygens (including phenoxy) is 1. The van der Waals surface area contributed by atoms with E-state index in [4.69, 9.17) is 0 Å². The molecule has 1 atom stereocenters. The Bertz CT molecular complexity index is 1120. The Morgan fingerprint density at radius 2 is 2.00 bits per heavy atom. The molecule has 0 N–H and O–H groups in total. The van der Waals surface area contributed by atoms with Gasteiger partial charge in [-0.25, -0.2) is 4.79 Å². The molecule has 3 aromatic rings. The van der Waals surface area contributed by atoms with Gasteiger partial charge >= 0.3 is 12.6 Å². The SMILES string of the molecule is Cc1ccc(OC(F)F)cc1N1C[C@@H](C#N)N(c2cncc3ccccc23)C1=O. The molecule has 0 spiro atoms. The highest BCUT2D eigenvalue weighted by Crippen LogP contribution is 2.35. The van der Waals surface area contributed by atoms with E-state index in [0.717, 1.165) is 10.8 Å². The number of pyridine rings is 1. The van der Waals surface area contributed by atoms with Gasteiger partial charge < -0.3 is 4.74 Å². The quantitative estimate of drug-likeness (QED) is 0.654. The molecule has 4 rings (SSSR count). The maximum atomic E-state index is 13.3. The molecule has 1 fully saturated rings. The zero-order chi connectivity index (χ0) is 20.5. The molecule has 1 saturated heterocycles. The molecule has 8 heteroatoms. The molecule has 0 aliphatic carbocycles. The highest BCUT2D eigenvalue weighted by molar-refractivity contribution is 6.12. The second-order valence-corrected chi connectivity index (χ2v) is 6.61. The lowest BCUT2D eigenvalue weighted by Crippen LogP contribution is -2.34. The number of anilines is 2. The molecule has 2 heterocycles. The summed E-state index contributed by atoms with van der Waals surface area (Å²) in [6.07, 6.45) is 3.24. The van der Waals surface area contributed by atoms with Crippen molar-refractivity contribution in [3.8, 4) is 11.8 Å². The van der Waals surface area contributed by atoms with Crippen LogP contribution in [0.1, 0.15) is 5.56 Å². The second-order valence-electron chi connectivity index (χ2n) is 6.61. The van der Waals surface area contributed by atoms with Crippen molar-refractivity contribution in [1.29, 1.82) is 5.26 Å². The fourth-order valence-corrected chi connectivity index (χ4v) is 3.52. The predicted molar refractivity (Wildman–Crippen MR) is 104 cm³/mol. The van der Waals surface area contributed by atoms with E-state index < -0.39 is 18.7 Å². The molecular formula is C21H16F2N4O2. The summed E-state index contributed by atoms with van der Waals surface area (Å²) >= 11 is 0. The number of urea groups is 1. The Morgan fingerprint density at radius 3 is 2.76 bits per heavy atom. The number of carbonyl (C=O) groups is 1. The highest BCUT2D eigenvalue weighted by Gasteiger charge is 2.40. The van der Waals surface area contributed by atoms with Crippen LogP contribution in [0.4, 0.5) is 25.0 Å². The van der Waals surface area contributed by atoms with Crippen molar-refractivity contribution < 1.29 is 18.3 Å². The van der Waals surface area contributed by atoms with Gasteiger partial charge in [-0.2, -0.15) is 14.0 Å². The number of amides is 2. The number of nitriles is 1. The predicted octanol–water partition coefficient (Wildman–Crippen LogP) is 4.48. The van der Waals surface area contributed by atoms with E-state index in [9.17, 15) is 18.8 Å². The van der Waals surface area contributed by atoms with Crippen LogP contribution in [0, 0.1) is 18.3 Å². The van der Waals surface area contributed by atoms with Crippen LogP contribution < -0.4 is 14.5 Å². The number of carbonyl (C=O) groups excluding carboxylic acids is 1. The molecule has 0 unspecified atom stereocenters. The molecule has 1 aliphatic heterocycles. The van der Waals surface area contributed by atoms with Gasteiger partial charge in [0.25, 0.3) is 0 Å². The van der Waals surface area contributed by atoms with Crippen molar-refractivity contribution in [2.75, 3.05) is 16.3 Å². The number of aryl methyl sites for hydroxylation is 1. The third-order valence-electron chi connectivity index (χ3n) is 4.86. The summed E-state index contributed by atoms with van der Waals surface area (Å²) in [7, 11) is 0. The number of hydrogen-bond donors (Lipinski definition) is 0. The lowest BCUT2D eigenvalue weighted by Gasteiger charge is -2.22. The van der Waals surface area contributed by atoms with Gasteiger partial charge in [0.2, 0.25) is 0 Å². The number of aromatic nitrogens is 1. The molecule has 1 aromatic heterocycles. The van der Waals surface area contributed by atoms with Gasteiger partial charge in [0.1, 0.15) is 11.8 Å². The maximum Gasteiger partial charge on any atom is 0.387 e. The Hall–Kier alpha value is -3.73. The summed E-state index contributed by atoms with van der Waals surface area (Å²) < 4.78 is 29.7. The summed E-state index contributed by atoms with van der Waals surface area (Å²) in [6, 6.07) is 12.8. The number of alkyl halides is 2. The zero-order valence-corrected chi connectivity index (χ0v) is 15.4. The van der Waals surface area contributed by atoms with Crippen LogP contribution in [-0.4, -0.2) is 30.2 Å². The van der Waals surface area contributed by atoms with Gasteiger partial charge in [-0.3, -0.25) is 14.8 Å². The number of fused-ring (bicyclic) bond motifs is 1. The second kappa shape index (κ2) is 7.36. The van der Waals surface area contributed by atoms with Crippen LogP contribution in [0.3, 0.4) is 0 Å². The first-order valence-electron chi connectivity index (χ1n) is 8.88. The minimum absolute atomic E-state index is 0.0489. The fraction of sp³-hybridized carbons (Fsp3) is 0.190. The van der Waals surface area contributed by atoms with E-state index in [0.29, 0.717) is 16.9 Å². The van der Waals surface area contributed by atoms with E-state index in [1.165, 1.54) is 21.9 Å². The van der Waals surface area contributed by atoms with Crippen LogP contribution >= 0.6 is 0 Å². The third kappa shape index (κ3) is 3.31. The Labute approximate surface area is 165 Å². The van der Waals surface area contributed by atoms with E-state index in [-0.39, 0.29) is 12.3 Å². The summed E-state index contributed by atoms with van der Waals surface area (Å²) in [5, 5.41) is 11.3. The minimum Gasteiger partial charge on any atom is -0.435 e. The number of benzene rings is 2. The molecule has 6 nitrogen and oxygen atoms in total. The molecular weight excluding hydrogens is 378 g/mol. The van der Waals surface area contributed by atoms with E-state index >= 15 is 0 Å². The van der Waals surface area contributed by atoms with Gasteiger partial charge in [0, 0.05) is 23.0 Å². The molecule has 0 radical (unpaired) electrons.